The zero-order chi connectivity index (χ0) is 18.9. The van der Waals surface area contributed by atoms with Crippen LogP contribution < -0.4 is 10.7 Å². The van der Waals surface area contributed by atoms with Crippen molar-refractivity contribution >= 4 is 39.8 Å². The molecule has 0 aliphatic heterocycles. The molecule has 1 amide bonds. The first-order valence-corrected chi connectivity index (χ1v) is 9.33. The highest BCUT2D eigenvalue weighted by atomic mass is 79.9. The van der Waals surface area contributed by atoms with Crippen LogP contribution in [0.2, 0.25) is 0 Å². The van der Waals surface area contributed by atoms with Crippen LogP contribution in [0.3, 0.4) is 0 Å². The van der Waals surface area contributed by atoms with E-state index in [0.29, 0.717) is 5.92 Å². The van der Waals surface area contributed by atoms with E-state index in [2.05, 4.69) is 69.9 Å². The Morgan fingerprint density at radius 2 is 1.77 bits per heavy atom. The highest BCUT2D eigenvalue weighted by molar-refractivity contribution is 9.10. The first kappa shape index (κ1) is 19.9. The molecule has 2 N–H and O–H groups in total. The third-order valence-electron chi connectivity index (χ3n) is 3.75. The molecular formula is C21H24BrN3O. The van der Waals surface area contributed by atoms with Gasteiger partial charge in [0, 0.05) is 10.2 Å². The van der Waals surface area contributed by atoms with Crippen molar-refractivity contribution in [1.29, 1.82) is 0 Å². The minimum absolute atomic E-state index is 0.165. The van der Waals surface area contributed by atoms with E-state index in [9.17, 15) is 4.79 Å². The van der Waals surface area contributed by atoms with Crippen molar-refractivity contribution in [3.8, 4) is 0 Å². The van der Waals surface area contributed by atoms with Crippen LogP contribution in [0.25, 0.3) is 6.08 Å². The maximum atomic E-state index is 11.8. The van der Waals surface area contributed by atoms with Crippen LogP contribution in [-0.2, 0) is 4.79 Å². The number of halogens is 1. The fraction of sp³-hybridized carbons (Fsp3) is 0.238. The molecule has 4 nitrogen and oxygen atoms in total. The average Bonchev–Trinajstić information content (AvgIpc) is 2.61. The molecule has 0 aliphatic carbocycles. The SMILES string of the molecule is CC(C=NNC(=O)CNc1ccc(Br)cc1)=Cc1ccc(C(C)C)cc1. The summed E-state index contributed by atoms with van der Waals surface area (Å²) in [5.74, 6) is 0.329. The molecule has 136 valence electrons. The van der Waals surface area contributed by atoms with E-state index < -0.39 is 0 Å². The molecule has 0 fully saturated rings. The maximum Gasteiger partial charge on any atom is 0.259 e. The van der Waals surface area contributed by atoms with Crippen molar-refractivity contribution in [2.45, 2.75) is 26.7 Å². The number of carbonyl (C=O) groups is 1. The number of allylic oxidation sites excluding steroid dienone is 1. The molecule has 0 aliphatic rings. The second kappa shape index (κ2) is 9.92. The summed E-state index contributed by atoms with van der Waals surface area (Å²) in [6.07, 6.45) is 3.67. The van der Waals surface area contributed by atoms with Gasteiger partial charge in [-0.1, -0.05) is 60.1 Å². The second-order valence-electron chi connectivity index (χ2n) is 6.36. The smallest absolute Gasteiger partial charge is 0.259 e. The van der Waals surface area contributed by atoms with Crippen LogP contribution in [0, 0.1) is 0 Å². The molecule has 0 heterocycles. The minimum atomic E-state index is -0.196. The lowest BCUT2D eigenvalue weighted by atomic mass is 10.0. The quantitative estimate of drug-likeness (QED) is 0.484. The summed E-state index contributed by atoms with van der Waals surface area (Å²) in [6, 6.07) is 16.1. The fourth-order valence-electron chi connectivity index (χ4n) is 2.27. The third kappa shape index (κ3) is 6.84. The van der Waals surface area contributed by atoms with Gasteiger partial charge in [0.05, 0.1) is 12.8 Å². The molecule has 26 heavy (non-hydrogen) atoms. The fourth-order valence-corrected chi connectivity index (χ4v) is 2.54. The van der Waals surface area contributed by atoms with E-state index in [1.807, 2.05) is 37.3 Å². The predicted molar refractivity (Wildman–Crippen MR) is 113 cm³/mol. The van der Waals surface area contributed by atoms with Crippen molar-refractivity contribution in [1.82, 2.24) is 5.43 Å². The molecule has 0 saturated heterocycles. The van der Waals surface area contributed by atoms with Crippen LogP contribution in [-0.4, -0.2) is 18.7 Å². The Balaban J connectivity index is 1.80. The molecule has 0 atom stereocenters. The Bertz CT molecular complexity index is 778. The van der Waals surface area contributed by atoms with Crippen molar-refractivity contribution in [3.63, 3.8) is 0 Å². The van der Waals surface area contributed by atoms with E-state index in [-0.39, 0.29) is 12.5 Å². The van der Waals surface area contributed by atoms with Crippen LogP contribution in [0.15, 0.2) is 63.7 Å². The van der Waals surface area contributed by atoms with E-state index in [0.717, 1.165) is 21.3 Å². The highest BCUT2D eigenvalue weighted by Crippen LogP contribution is 2.16. The van der Waals surface area contributed by atoms with Crippen LogP contribution in [0.1, 0.15) is 37.8 Å². The largest absolute Gasteiger partial charge is 0.376 e. The molecule has 0 bridgehead atoms. The lowest BCUT2D eigenvalue weighted by molar-refractivity contribution is -0.119. The third-order valence-corrected chi connectivity index (χ3v) is 4.28. The Hall–Kier alpha value is -2.40. The van der Waals surface area contributed by atoms with E-state index in [1.54, 1.807) is 6.21 Å². The summed E-state index contributed by atoms with van der Waals surface area (Å²) in [5.41, 5.74) is 6.80. The van der Waals surface area contributed by atoms with Gasteiger partial charge in [-0.3, -0.25) is 4.79 Å². The number of nitrogens with one attached hydrogen (secondary N) is 2. The Kier molecular flexibility index (Phi) is 7.60. The number of carbonyl (C=O) groups excluding carboxylic acids is 1. The zero-order valence-electron chi connectivity index (χ0n) is 15.3. The number of anilines is 1. The summed E-state index contributed by atoms with van der Waals surface area (Å²) in [6.45, 7) is 6.47. The Morgan fingerprint density at radius 1 is 1.12 bits per heavy atom. The summed E-state index contributed by atoms with van der Waals surface area (Å²) in [7, 11) is 0. The lowest BCUT2D eigenvalue weighted by Gasteiger charge is -2.05. The van der Waals surface area contributed by atoms with Crippen molar-refractivity contribution < 1.29 is 4.79 Å². The zero-order valence-corrected chi connectivity index (χ0v) is 16.9. The Morgan fingerprint density at radius 3 is 2.38 bits per heavy atom. The summed E-state index contributed by atoms with van der Waals surface area (Å²) < 4.78 is 0.998. The van der Waals surface area contributed by atoms with E-state index >= 15 is 0 Å². The van der Waals surface area contributed by atoms with Gasteiger partial charge in [-0.05, 0) is 53.8 Å². The maximum absolute atomic E-state index is 11.8. The van der Waals surface area contributed by atoms with Gasteiger partial charge in [0.1, 0.15) is 0 Å². The van der Waals surface area contributed by atoms with Gasteiger partial charge in [-0.2, -0.15) is 5.10 Å². The number of amides is 1. The minimum Gasteiger partial charge on any atom is -0.376 e. The van der Waals surface area contributed by atoms with Crippen molar-refractivity contribution in [3.05, 3.63) is 69.7 Å². The summed E-state index contributed by atoms with van der Waals surface area (Å²) in [5, 5.41) is 7.04. The second-order valence-corrected chi connectivity index (χ2v) is 7.28. The van der Waals surface area contributed by atoms with Gasteiger partial charge in [-0.15, -0.1) is 0 Å². The number of nitrogens with zero attached hydrogens (tertiary/aromatic N) is 1. The monoisotopic (exact) mass is 413 g/mol. The molecule has 0 radical (unpaired) electrons. The van der Waals surface area contributed by atoms with Gasteiger partial charge in [0.2, 0.25) is 0 Å². The molecule has 0 saturated carbocycles. The number of hydrogen-bond acceptors (Lipinski definition) is 3. The van der Waals surface area contributed by atoms with Crippen molar-refractivity contribution in [2.75, 3.05) is 11.9 Å². The van der Waals surface area contributed by atoms with Gasteiger partial charge in [0.25, 0.3) is 5.91 Å². The van der Waals surface area contributed by atoms with E-state index in [4.69, 9.17) is 0 Å². The molecule has 0 spiro atoms. The van der Waals surface area contributed by atoms with Crippen LogP contribution >= 0.6 is 15.9 Å². The molecule has 2 rings (SSSR count). The topological polar surface area (TPSA) is 53.5 Å². The number of hydrogen-bond donors (Lipinski definition) is 2. The highest BCUT2D eigenvalue weighted by Gasteiger charge is 2.00. The van der Waals surface area contributed by atoms with Gasteiger partial charge >= 0.3 is 0 Å². The number of benzene rings is 2. The Labute approximate surface area is 163 Å². The summed E-state index contributed by atoms with van der Waals surface area (Å²) >= 11 is 3.38. The molecule has 0 unspecified atom stereocenters. The summed E-state index contributed by atoms with van der Waals surface area (Å²) in [4.78, 5) is 11.8. The van der Waals surface area contributed by atoms with E-state index in [1.165, 1.54) is 5.56 Å². The normalized spacial score (nSPS) is 11.8. The molecule has 2 aromatic carbocycles. The predicted octanol–water partition coefficient (Wildman–Crippen LogP) is 5.19. The number of rotatable bonds is 7. The van der Waals surface area contributed by atoms with Gasteiger partial charge in [-0.25, -0.2) is 5.43 Å². The number of hydrazone groups is 1. The lowest BCUT2D eigenvalue weighted by Crippen LogP contribution is -2.25. The van der Waals surface area contributed by atoms with Crippen LogP contribution in [0.5, 0.6) is 0 Å². The molecule has 0 aromatic heterocycles. The van der Waals surface area contributed by atoms with Crippen LogP contribution in [0.4, 0.5) is 5.69 Å². The molecule has 2 aromatic rings. The first-order chi connectivity index (χ1) is 12.4. The average molecular weight is 414 g/mol. The standard InChI is InChI=1S/C21H24BrN3O/c1-15(2)18-6-4-17(5-7-18)12-16(3)13-24-25-21(26)14-23-20-10-8-19(22)9-11-20/h4-13,15,23H,14H2,1-3H3,(H,25,26). The van der Waals surface area contributed by atoms with Gasteiger partial charge < -0.3 is 5.32 Å². The van der Waals surface area contributed by atoms with Crippen molar-refractivity contribution in [2.24, 2.45) is 5.10 Å². The molecular weight excluding hydrogens is 390 g/mol. The first-order valence-electron chi connectivity index (χ1n) is 8.53. The molecule has 5 heteroatoms. The van der Waals surface area contributed by atoms with Gasteiger partial charge in [0.15, 0.2) is 0 Å².